The SMILES string of the molecule is CC(C)OCc1cccc(NC(=O)C2CCN(S(=O)(=O)c3ccccc3F)CC2)c1. The lowest BCUT2D eigenvalue weighted by Gasteiger charge is -2.30. The van der Waals surface area contributed by atoms with Crippen LogP contribution in [0.15, 0.2) is 53.4 Å². The van der Waals surface area contributed by atoms with Crippen LogP contribution in [-0.2, 0) is 26.2 Å². The predicted octanol–water partition coefficient (Wildman–Crippen LogP) is 3.79. The third-order valence-electron chi connectivity index (χ3n) is 5.06. The maximum Gasteiger partial charge on any atom is 0.245 e. The van der Waals surface area contributed by atoms with Gasteiger partial charge in [0.1, 0.15) is 10.7 Å². The molecule has 1 saturated heterocycles. The van der Waals surface area contributed by atoms with Gasteiger partial charge in [-0.25, -0.2) is 12.8 Å². The Hall–Kier alpha value is -2.29. The first-order valence-electron chi connectivity index (χ1n) is 10.0. The van der Waals surface area contributed by atoms with Crippen LogP contribution in [-0.4, -0.2) is 37.8 Å². The number of nitrogens with zero attached hydrogens (tertiary/aromatic N) is 1. The molecule has 1 aliphatic rings. The minimum atomic E-state index is -3.91. The average Bonchev–Trinajstić information content (AvgIpc) is 2.73. The monoisotopic (exact) mass is 434 g/mol. The highest BCUT2D eigenvalue weighted by atomic mass is 32.2. The number of anilines is 1. The van der Waals surface area contributed by atoms with Gasteiger partial charge in [-0.3, -0.25) is 4.79 Å². The first-order chi connectivity index (χ1) is 14.3. The first kappa shape index (κ1) is 22.4. The lowest BCUT2D eigenvalue weighted by atomic mass is 9.97. The molecule has 1 heterocycles. The van der Waals surface area contributed by atoms with Crippen molar-refractivity contribution in [1.29, 1.82) is 0 Å². The third-order valence-corrected chi connectivity index (χ3v) is 6.99. The zero-order valence-electron chi connectivity index (χ0n) is 17.2. The number of carbonyl (C=O) groups excluding carboxylic acids is 1. The lowest BCUT2D eigenvalue weighted by molar-refractivity contribution is -0.120. The molecule has 8 heteroatoms. The van der Waals surface area contributed by atoms with E-state index in [2.05, 4.69) is 5.32 Å². The predicted molar refractivity (Wildman–Crippen MR) is 113 cm³/mol. The van der Waals surface area contributed by atoms with E-state index in [0.717, 1.165) is 11.6 Å². The largest absolute Gasteiger partial charge is 0.374 e. The summed E-state index contributed by atoms with van der Waals surface area (Å²) in [5.41, 5.74) is 1.65. The molecule has 0 bridgehead atoms. The van der Waals surface area contributed by atoms with Crippen molar-refractivity contribution >= 4 is 21.6 Å². The summed E-state index contributed by atoms with van der Waals surface area (Å²) in [5.74, 6) is -1.20. The summed E-state index contributed by atoms with van der Waals surface area (Å²) in [6.07, 6.45) is 0.889. The summed E-state index contributed by atoms with van der Waals surface area (Å²) in [4.78, 5) is 12.3. The smallest absolute Gasteiger partial charge is 0.245 e. The van der Waals surface area contributed by atoms with Gasteiger partial charge in [-0.15, -0.1) is 0 Å². The number of carbonyl (C=O) groups is 1. The van der Waals surface area contributed by atoms with Gasteiger partial charge in [0.2, 0.25) is 15.9 Å². The van der Waals surface area contributed by atoms with Crippen molar-refractivity contribution in [3.05, 3.63) is 59.9 Å². The van der Waals surface area contributed by atoms with Gasteiger partial charge >= 0.3 is 0 Å². The van der Waals surface area contributed by atoms with E-state index in [1.165, 1.54) is 22.5 Å². The molecule has 162 valence electrons. The van der Waals surface area contributed by atoms with Crippen molar-refractivity contribution in [3.8, 4) is 0 Å². The number of halogens is 1. The number of ether oxygens (including phenoxy) is 1. The normalized spacial score (nSPS) is 16.0. The molecular weight excluding hydrogens is 407 g/mol. The third kappa shape index (κ3) is 5.44. The van der Waals surface area contributed by atoms with Gasteiger partial charge in [0.05, 0.1) is 12.7 Å². The summed E-state index contributed by atoms with van der Waals surface area (Å²) in [7, 11) is -3.91. The summed E-state index contributed by atoms with van der Waals surface area (Å²) in [5, 5.41) is 2.91. The Labute approximate surface area is 177 Å². The second-order valence-corrected chi connectivity index (χ2v) is 9.56. The molecule has 0 aromatic heterocycles. The topological polar surface area (TPSA) is 75.7 Å². The van der Waals surface area contributed by atoms with Crippen LogP contribution < -0.4 is 5.32 Å². The van der Waals surface area contributed by atoms with E-state index in [1.54, 1.807) is 0 Å². The lowest BCUT2D eigenvalue weighted by Crippen LogP contribution is -2.41. The molecule has 3 rings (SSSR count). The number of sulfonamides is 1. The van der Waals surface area contributed by atoms with Crippen LogP contribution in [0.25, 0.3) is 0 Å². The number of hydrogen-bond donors (Lipinski definition) is 1. The van der Waals surface area contributed by atoms with Crippen LogP contribution >= 0.6 is 0 Å². The number of piperidine rings is 1. The summed E-state index contributed by atoms with van der Waals surface area (Å²) in [6, 6.07) is 12.8. The highest BCUT2D eigenvalue weighted by molar-refractivity contribution is 7.89. The van der Waals surface area contributed by atoms with Gasteiger partial charge in [-0.1, -0.05) is 24.3 Å². The van der Waals surface area contributed by atoms with E-state index >= 15 is 0 Å². The van der Waals surface area contributed by atoms with Crippen LogP contribution in [0.3, 0.4) is 0 Å². The Morgan fingerprint density at radius 3 is 2.53 bits per heavy atom. The van der Waals surface area contributed by atoms with Crippen LogP contribution in [0.1, 0.15) is 32.3 Å². The minimum absolute atomic E-state index is 0.120. The van der Waals surface area contributed by atoms with Gasteiger partial charge < -0.3 is 10.1 Å². The Balaban J connectivity index is 1.58. The van der Waals surface area contributed by atoms with Crippen LogP contribution in [0.2, 0.25) is 0 Å². The number of hydrogen-bond acceptors (Lipinski definition) is 4. The molecule has 1 N–H and O–H groups in total. The van der Waals surface area contributed by atoms with Gasteiger partial charge in [0.15, 0.2) is 0 Å². The van der Waals surface area contributed by atoms with Crippen molar-refractivity contribution < 1.29 is 22.3 Å². The molecule has 1 fully saturated rings. The van der Waals surface area contributed by atoms with Crippen molar-refractivity contribution in [3.63, 3.8) is 0 Å². The number of amides is 1. The van der Waals surface area contributed by atoms with Gasteiger partial charge in [0, 0.05) is 24.7 Å². The highest BCUT2D eigenvalue weighted by Crippen LogP contribution is 2.26. The maximum absolute atomic E-state index is 13.9. The molecule has 0 radical (unpaired) electrons. The Bertz CT molecular complexity index is 986. The molecule has 0 atom stereocenters. The molecule has 30 heavy (non-hydrogen) atoms. The molecule has 0 saturated carbocycles. The molecule has 0 spiro atoms. The molecule has 2 aromatic rings. The second-order valence-electron chi connectivity index (χ2n) is 7.66. The fraction of sp³-hybridized carbons (Fsp3) is 0.409. The second kappa shape index (κ2) is 9.68. The molecule has 0 unspecified atom stereocenters. The first-order valence-corrected chi connectivity index (χ1v) is 11.5. The van der Waals surface area contributed by atoms with Crippen molar-refractivity contribution in [2.24, 2.45) is 5.92 Å². The van der Waals surface area contributed by atoms with E-state index in [0.29, 0.717) is 25.1 Å². The maximum atomic E-state index is 13.9. The summed E-state index contributed by atoms with van der Waals surface area (Å²) < 4.78 is 46.2. The van der Waals surface area contributed by atoms with Crippen LogP contribution in [0, 0.1) is 11.7 Å². The molecule has 6 nitrogen and oxygen atoms in total. The molecule has 0 aliphatic carbocycles. The number of nitrogens with one attached hydrogen (secondary N) is 1. The Morgan fingerprint density at radius 1 is 1.17 bits per heavy atom. The standard InChI is InChI=1S/C22H27FN2O4S/c1-16(2)29-15-17-6-5-7-19(14-17)24-22(26)18-10-12-25(13-11-18)30(27,28)21-9-4-3-8-20(21)23/h3-9,14,16,18H,10-13,15H2,1-2H3,(H,24,26). The van der Waals surface area contributed by atoms with Crippen molar-refractivity contribution in [2.45, 2.75) is 44.3 Å². The zero-order chi connectivity index (χ0) is 21.7. The van der Waals surface area contributed by atoms with E-state index in [-0.39, 0.29) is 35.9 Å². The highest BCUT2D eigenvalue weighted by Gasteiger charge is 2.33. The van der Waals surface area contributed by atoms with E-state index in [1.807, 2.05) is 38.1 Å². The number of benzene rings is 2. The van der Waals surface area contributed by atoms with Crippen LogP contribution in [0.4, 0.5) is 10.1 Å². The molecular formula is C22H27FN2O4S. The minimum Gasteiger partial charge on any atom is -0.374 e. The van der Waals surface area contributed by atoms with Gasteiger partial charge in [-0.2, -0.15) is 4.31 Å². The van der Waals surface area contributed by atoms with Gasteiger partial charge in [-0.05, 0) is 56.5 Å². The van der Waals surface area contributed by atoms with Gasteiger partial charge in [0.25, 0.3) is 0 Å². The molecule has 1 amide bonds. The molecule has 2 aromatic carbocycles. The van der Waals surface area contributed by atoms with Crippen molar-refractivity contribution in [2.75, 3.05) is 18.4 Å². The molecule has 1 aliphatic heterocycles. The zero-order valence-corrected chi connectivity index (χ0v) is 18.0. The van der Waals surface area contributed by atoms with E-state index in [9.17, 15) is 17.6 Å². The quantitative estimate of drug-likeness (QED) is 0.719. The summed E-state index contributed by atoms with van der Waals surface area (Å²) >= 11 is 0. The fourth-order valence-corrected chi connectivity index (χ4v) is 4.93. The summed E-state index contributed by atoms with van der Waals surface area (Å²) in [6.45, 7) is 4.75. The van der Waals surface area contributed by atoms with E-state index in [4.69, 9.17) is 4.74 Å². The Morgan fingerprint density at radius 2 is 1.87 bits per heavy atom. The van der Waals surface area contributed by atoms with Crippen molar-refractivity contribution in [1.82, 2.24) is 4.31 Å². The number of rotatable bonds is 7. The van der Waals surface area contributed by atoms with E-state index < -0.39 is 15.8 Å². The van der Waals surface area contributed by atoms with Crippen LogP contribution in [0.5, 0.6) is 0 Å². The Kier molecular flexibility index (Phi) is 7.23. The average molecular weight is 435 g/mol. The fourth-order valence-electron chi connectivity index (χ4n) is 3.40.